The van der Waals surface area contributed by atoms with E-state index in [1.165, 1.54) is 18.3 Å². The molecule has 0 fully saturated rings. The molecule has 1 aromatic heterocycles. The van der Waals surface area contributed by atoms with Crippen LogP contribution in [0.2, 0.25) is 0 Å². The van der Waals surface area contributed by atoms with Gasteiger partial charge in [0.2, 0.25) is 5.13 Å². The number of azo groups is 1. The Morgan fingerprint density at radius 2 is 1.76 bits per heavy atom. The topological polar surface area (TPSA) is 93.4 Å². The van der Waals surface area contributed by atoms with Crippen molar-refractivity contribution >= 4 is 50.0 Å². The van der Waals surface area contributed by atoms with Gasteiger partial charge in [0.25, 0.3) is 0 Å². The molecule has 0 radical (unpaired) electrons. The number of hydrogen-bond donors (Lipinski definition) is 0. The van der Waals surface area contributed by atoms with Crippen LogP contribution in [0.1, 0.15) is 49.9 Å². The van der Waals surface area contributed by atoms with E-state index in [4.69, 9.17) is 9.47 Å². The highest BCUT2D eigenvalue weighted by Crippen LogP contribution is 2.30. The Kier molecular flexibility index (Phi) is 9.51. The molecule has 3 aromatic rings. The Bertz CT molecular complexity index is 1130. The molecule has 3 rings (SSSR count). The number of unbranched alkanes of at least 4 members (excludes halogenated alkanes) is 3. The van der Waals surface area contributed by atoms with Crippen LogP contribution >= 0.6 is 11.3 Å². The summed E-state index contributed by atoms with van der Waals surface area (Å²) in [6.45, 7) is 5.02. The maximum atomic E-state index is 11.9. The number of thiazole rings is 1. The van der Waals surface area contributed by atoms with Gasteiger partial charge in [0.1, 0.15) is 0 Å². The molecule has 8 nitrogen and oxygen atoms in total. The number of esters is 2. The van der Waals surface area contributed by atoms with Crippen molar-refractivity contribution in [3.8, 4) is 0 Å². The first-order chi connectivity index (χ1) is 16.5. The number of fused-ring (bicyclic) bond motifs is 1. The first-order valence-corrected chi connectivity index (χ1v) is 12.2. The standard InChI is InChI=1S/C25H30N4O4S/c1-4-32-24(31)19-9-14-22-23(17-19)34-25(26-22)28-27-20-10-12-21(13-11-20)29(3)15-7-5-6-8-16-33-18(2)30/h9-14,17H,4-8,15-16H2,1-3H3. The molecule has 0 N–H and O–H groups in total. The van der Waals surface area contributed by atoms with E-state index in [0.29, 0.717) is 23.9 Å². The fourth-order valence-electron chi connectivity index (χ4n) is 3.32. The maximum absolute atomic E-state index is 11.9. The van der Waals surface area contributed by atoms with Crippen molar-refractivity contribution < 1.29 is 19.1 Å². The summed E-state index contributed by atoms with van der Waals surface area (Å²) in [5.74, 6) is -0.558. The highest BCUT2D eigenvalue weighted by molar-refractivity contribution is 7.21. The quantitative estimate of drug-likeness (QED) is 0.167. The molecule has 0 spiro atoms. The molecule has 0 bridgehead atoms. The lowest BCUT2D eigenvalue weighted by Gasteiger charge is -2.19. The zero-order chi connectivity index (χ0) is 24.3. The summed E-state index contributed by atoms with van der Waals surface area (Å²) in [6, 6.07) is 13.2. The van der Waals surface area contributed by atoms with E-state index in [1.807, 2.05) is 24.3 Å². The summed E-state index contributed by atoms with van der Waals surface area (Å²) in [5, 5.41) is 9.10. The van der Waals surface area contributed by atoms with Crippen molar-refractivity contribution in [1.29, 1.82) is 0 Å². The number of carbonyl (C=O) groups excluding carboxylic acids is 2. The molecule has 0 saturated heterocycles. The van der Waals surface area contributed by atoms with Gasteiger partial charge in [-0.25, -0.2) is 9.78 Å². The van der Waals surface area contributed by atoms with Crippen molar-refractivity contribution in [2.45, 2.75) is 39.5 Å². The van der Waals surface area contributed by atoms with Crippen LogP contribution in [-0.4, -0.2) is 43.7 Å². The van der Waals surface area contributed by atoms with Crippen LogP contribution in [0.5, 0.6) is 0 Å². The lowest BCUT2D eigenvalue weighted by molar-refractivity contribution is -0.141. The normalized spacial score (nSPS) is 11.1. The van der Waals surface area contributed by atoms with E-state index in [2.05, 4.69) is 27.2 Å². The van der Waals surface area contributed by atoms with Crippen LogP contribution in [0.4, 0.5) is 16.5 Å². The second-order valence-electron chi connectivity index (χ2n) is 7.79. The number of ether oxygens (including phenoxy) is 2. The van der Waals surface area contributed by atoms with Gasteiger partial charge in [0, 0.05) is 26.2 Å². The second-order valence-corrected chi connectivity index (χ2v) is 8.80. The van der Waals surface area contributed by atoms with E-state index in [0.717, 1.165) is 53.8 Å². The summed E-state index contributed by atoms with van der Waals surface area (Å²) >= 11 is 1.38. The Labute approximate surface area is 203 Å². The average Bonchev–Trinajstić information content (AvgIpc) is 3.24. The van der Waals surface area contributed by atoms with Crippen LogP contribution in [0.25, 0.3) is 10.2 Å². The van der Waals surface area contributed by atoms with E-state index >= 15 is 0 Å². The van der Waals surface area contributed by atoms with Gasteiger partial charge in [-0.05, 0) is 68.7 Å². The number of rotatable bonds is 12. The number of nitrogens with zero attached hydrogens (tertiary/aromatic N) is 4. The molecule has 0 aliphatic rings. The minimum atomic E-state index is -0.342. The van der Waals surface area contributed by atoms with Gasteiger partial charge in [0.05, 0.1) is 34.7 Å². The lowest BCUT2D eigenvalue weighted by Crippen LogP contribution is -2.18. The molecule has 0 aliphatic carbocycles. The molecule has 1 heterocycles. The number of benzene rings is 2. The van der Waals surface area contributed by atoms with Crippen molar-refractivity contribution in [3.05, 3.63) is 48.0 Å². The van der Waals surface area contributed by atoms with Crippen molar-refractivity contribution in [2.75, 3.05) is 31.7 Å². The van der Waals surface area contributed by atoms with Gasteiger partial charge < -0.3 is 14.4 Å². The number of anilines is 1. The highest BCUT2D eigenvalue weighted by atomic mass is 32.1. The molecular weight excluding hydrogens is 452 g/mol. The molecule has 9 heteroatoms. The van der Waals surface area contributed by atoms with Crippen LogP contribution in [0.3, 0.4) is 0 Å². The van der Waals surface area contributed by atoms with Gasteiger partial charge >= 0.3 is 11.9 Å². The zero-order valence-corrected chi connectivity index (χ0v) is 20.6. The summed E-state index contributed by atoms with van der Waals surface area (Å²) in [6.07, 6.45) is 4.13. The number of aromatic nitrogens is 1. The Hall–Kier alpha value is -3.33. The number of carbonyl (C=O) groups is 2. The zero-order valence-electron chi connectivity index (χ0n) is 19.8. The van der Waals surface area contributed by atoms with Crippen molar-refractivity contribution in [1.82, 2.24) is 4.98 Å². The summed E-state index contributed by atoms with van der Waals surface area (Å²) in [5.41, 5.74) is 3.14. The smallest absolute Gasteiger partial charge is 0.338 e. The fraction of sp³-hybridized carbons (Fsp3) is 0.400. The van der Waals surface area contributed by atoms with Crippen molar-refractivity contribution in [2.24, 2.45) is 10.2 Å². The van der Waals surface area contributed by atoms with Crippen LogP contribution in [-0.2, 0) is 14.3 Å². The van der Waals surface area contributed by atoms with E-state index in [1.54, 1.807) is 25.1 Å². The third-order valence-corrected chi connectivity index (χ3v) is 6.03. The van der Waals surface area contributed by atoms with E-state index in [-0.39, 0.29) is 11.9 Å². The molecule has 0 aliphatic heterocycles. The predicted octanol–water partition coefficient (Wildman–Crippen LogP) is 6.45. The molecule has 180 valence electrons. The van der Waals surface area contributed by atoms with Crippen LogP contribution < -0.4 is 4.90 Å². The van der Waals surface area contributed by atoms with E-state index < -0.39 is 0 Å². The third-order valence-electron chi connectivity index (χ3n) is 5.12. The van der Waals surface area contributed by atoms with Gasteiger partial charge in [-0.15, -0.1) is 10.2 Å². The molecule has 34 heavy (non-hydrogen) atoms. The monoisotopic (exact) mass is 482 g/mol. The fourth-order valence-corrected chi connectivity index (χ4v) is 4.15. The summed E-state index contributed by atoms with van der Waals surface area (Å²) in [4.78, 5) is 29.3. The number of hydrogen-bond acceptors (Lipinski definition) is 9. The first-order valence-electron chi connectivity index (χ1n) is 11.4. The Balaban J connectivity index is 1.50. The molecular formula is C25H30N4O4S. The highest BCUT2D eigenvalue weighted by Gasteiger charge is 2.10. The molecule has 2 aromatic carbocycles. The minimum absolute atomic E-state index is 0.215. The summed E-state index contributed by atoms with van der Waals surface area (Å²) < 4.78 is 10.9. The lowest BCUT2D eigenvalue weighted by atomic mass is 10.2. The van der Waals surface area contributed by atoms with Gasteiger partial charge in [-0.3, -0.25) is 4.79 Å². The second kappa shape index (κ2) is 12.8. The largest absolute Gasteiger partial charge is 0.466 e. The summed E-state index contributed by atoms with van der Waals surface area (Å²) in [7, 11) is 2.07. The molecule has 0 unspecified atom stereocenters. The average molecular weight is 483 g/mol. The van der Waals surface area contributed by atoms with Crippen LogP contribution in [0.15, 0.2) is 52.7 Å². The van der Waals surface area contributed by atoms with Gasteiger partial charge in [0.15, 0.2) is 0 Å². The van der Waals surface area contributed by atoms with Crippen LogP contribution in [0, 0.1) is 0 Å². The third kappa shape index (κ3) is 7.62. The Morgan fingerprint density at radius 3 is 2.50 bits per heavy atom. The van der Waals surface area contributed by atoms with E-state index in [9.17, 15) is 9.59 Å². The predicted molar refractivity (Wildman–Crippen MR) is 135 cm³/mol. The Morgan fingerprint density at radius 1 is 1.00 bits per heavy atom. The molecule has 0 atom stereocenters. The van der Waals surface area contributed by atoms with Gasteiger partial charge in [-0.1, -0.05) is 17.8 Å². The molecule has 0 saturated carbocycles. The first kappa shape index (κ1) is 25.3. The maximum Gasteiger partial charge on any atom is 0.338 e. The SMILES string of the molecule is CCOC(=O)c1ccc2nc(N=Nc3ccc(N(C)CCCCCCOC(C)=O)cc3)sc2c1. The molecule has 0 amide bonds. The minimum Gasteiger partial charge on any atom is -0.466 e. The van der Waals surface area contributed by atoms with Crippen molar-refractivity contribution in [3.63, 3.8) is 0 Å². The van der Waals surface area contributed by atoms with Gasteiger partial charge in [-0.2, -0.15) is 0 Å².